The third-order valence-corrected chi connectivity index (χ3v) is 5.86. The van der Waals surface area contributed by atoms with Crippen LogP contribution in [0.25, 0.3) is 0 Å². The number of hydrogen-bond donors (Lipinski definition) is 0. The molecule has 7 nitrogen and oxygen atoms in total. The van der Waals surface area contributed by atoms with E-state index in [1.165, 1.54) is 12.1 Å². The van der Waals surface area contributed by atoms with Crippen LogP contribution in [0.2, 0.25) is 0 Å². The van der Waals surface area contributed by atoms with Gasteiger partial charge in [-0.15, -0.1) is 0 Å². The van der Waals surface area contributed by atoms with Gasteiger partial charge in [0.15, 0.2) is 5.82 Å². The molecule has 10 heteroatoms. The summed E-state index contributed by atoms with van der Waals surface area (Å²) < 4.78 is 49.5. The lowest BCUT2D eigenvalue weighted by molar-refractivity contribution is -0.137. The van der Waals surface area contributed by atoms with E-state index in [0.717, 1.165) is 17.7 Å². The average molecular weight is 438 g/mol. The number of ether oxygens (including phenoxy) is 1. The Bertz CT molecular complexity index is 894. The summed E-state index contributed by atoms with van der Waals surface area (Å²) in [4.78, 5) is 21.1. The fraction of sp³-hybridized carbons (Fsp3) is 0.571. The van der Waals surface area contributed by atoms with Crippen LogP contribution in [0, 0.1) is 0 Å². The quantitative estimate of drug-likeness (QED) is 0.731. The Balaban J connectivity index is 1.58. The van der Waals surface area contributed by atoms with Gasteiger partial charge < -0.3 is 19.1 Å². The molecule has 3 heterocycles. The molecule has 2 aromatic rings. The molecule has 2 aliphatic heterocycles. The molecule has 0 spiro atoms. The maximum Gasteiger partial charge on any atom is 0.416 e. The van der Waals surface area contributed by atoms with Crippen LogP contribution >= 0.6 is 0 Å². The van der Waals surface area contributed by atoms with Crippen LogP contribution in [0.1, 0.15) is 48.0 Å². The lowest BCUT2D eigenvalue weighted by Gasteiger charge is -2.40. The van der Waals surface area contributed by atoms with Gasteiger partial charge in [-0.05, 0) is 24.1 Å². The zero-order chi connectivity index (χ0) is 22.0. The van der Waals surface area contributed by atoms with Crippen LogP contribution in [0.4, 0.5) is 18.0 Å². The number of carbonyl (C=O) groups excluding carboxylic acids is 1. The Kier molecular flexibility index (Phi) is 6.17. The third-order valence-electron chi connectivity index (χ3n) is 5.86. The summed E-state index contributed by atoms with van der Waals surface area (Å²) in [7, 11) is 0. The van der Waals surface area contributed by atoms with Crippen molar-refractivity contribution >= 4 is 6.03 Å². The Morgan fingerprint density at radius 2 is 1.77 bits per heavy atom. The van der Waals surface area contributed by atoms with Crippen LogP contribution < -0.4 is 0 Å². The number of benzene rings is 1. The number of rotatable bonds is 3. The van der Waals surface area contributed by atoms with Crippen LogP contribution in [0.15, 0.2) is 28.8 Å². The topological polar surface area (TPSA) is 71.7 Å². The fourth-order valence-corrected chi connectivity index (χ4v) is 4.16. The molecule has 2 atom stereocenters. The van der Waals surface area contributed by atoms with Gasteiger partial charge in [0, 0.05) is 44.4 Å². The first-order valence-electron chi connectivity index (χ1n) is 10.5. The number of halogens is 3. The summed E-state index contributed by atoms with van der Waals surface area (Å²) in [6.45, 7) is 4.82. The van der Waals surface area contributed by atoms with Crippen molar-refractivity contribution in [2.24, 2.45) is 0 Å². The summed E-state index contributed by atoms with van der Waals surface area (Å²) in [5.41, 5.74) is 0.0762. The summed E-state index contributed by atoms with van der Waals surface area (Å²) in [5, 5.41) is 4.09. The number of nitrogens with zero attached hydrogens (tertiary/aromatic N) is 4. The minimum absolute atomic E-state index is 0.0934. The van der Waals surface area contributed by atoms with E-state index >= 15 is 0 Å². The van der Waals surface area contributed by atoms with E-state index in [9.17, 15) is 18.0 Å². The molecule has 168 valence electrons. The van der Waals surface area contributed by atoms with Gasteiger partial charge in [0.25, 0.3) is 0 Å². The second kappa shape index (κ2) is 8.86. The van der Waals surface area contributed by atoms with Crippen LogP contribution in [-0.4, -0.2) is 65.4 Å². The number of hydrogen-bond acceptors (Lipinski definition) is 5. The predicted molar refractivity (Wildman–Crippen MR) is 105 cm³/mol. The van der Waals surface area contributed by atoms with Crippen molar-refractivity contribution in [3.05, 3.63) is 47.1 Å². The molecular formula is C21H25F3N4O3. The van der Waals surface area contributed by atoms with Gasteiger partial charge in [-0.25, -0.2) is 4.79 Å². The van der Waals surface area contributed by atoms with Crippen molar-refractivity contribution in [3.8, 4) is 0 Å². The van der Waals surface area contributed by atoms with E-state index in [-0.39, 0.29) is 17.9 Å². The molecular weight excluding hydrogens is 413 g/mol. The number of aromatic nitrogens is 2. The minimum Gasteiger partial charge on any atom is -0.378 e. The molecule has 2 fully saturated rings. The normalized spacial score (nSPS) is 22.6. The number of likely N-dealkylation sites (tertiary alicyclic amines) is 1. The number of aryl methyl sites for hydroxylation is 1. The van der Waals surface area contributed by atoms with Crippen molar-refractivity contribution in [3.63, 3.8) is 0 Å². The van der Waals surface area contributed by atoms with E-state index in [0.29, 0.717) is 63.9 Å². The van der Waals surface area contributed by atoms with Gasteiger partial charge in [0.1, 0.15) is 0 Å². The largest absolute Gasteiger partial charge is 0.416 e. The first-order chi connectivity index (χ1) is 14.8. The van der Waals surface area contributed by atoms with Crippen LogP contribution in [0.5, 0.6) is 0 Å². The molecule has 2 unspecified atom stereocenters. The zero-order valence-corrected chi connectivity index (χ0v) is 17.3. The van der Waals surface area contributed by atoms with E-state index in [1.54, 1.807) is 9.80 Å². The molecule has 2 saturated heterocycles. The van der Waals surface area contributed by atoms with Gasteiger partial charge in [-0.1, -0.05) is 24.2 Å². The highest BCUT2D eigenvalue weighted by molar-refractivity contribution is 5.75. The van der Waals surface area contributed by atoms with Crippen molar-refractivity contribution in [2.45, 2.75) is 37.8 Å². The molecule has 2 aliphatic rings. The summed E-state index contributed by atoms with van der Waals surface area (Å²) in [5.74, 6) is 0.774. The number of carbonyl (C=O) groups is 1. The number of amides is 2. The van der Waals surface area contributed by atoms with Crippen molar-refractivity contribution < 1.29 is 27.2 Å². The van der Waals surface area contributed by atoms with E-state index < -0.39 is 11.7 Å². The maximum atomic E-state index is 13.1. The van der Waals surface area contributed by atoms with Crippen molar-refractivity contribution in [1.82, 2.24) is 19.9 Å². The number of alkyl halides is 3. The third kappa shape index (κ3) is 4.84. The lowest BCUT2D eigenvalue weighted by Crippen LogP contribution is -2.52. The molecule has 0 radical (unpaired) electrons. The van der Waals surface area contributed by atoms with Gasteiger partial charge >= 0.3 is 12.2 Å². The zero-order valence-electron chi connectivity index (χ0n) is 17.3. The lowest BCUT2D eigenvalue weighted by atomic mass is 9.84. The van der Waals surface area contributed by atoms with Gasteiger partial charge in [0.2, 0.25) is 5.89 Å². The predicted octanol–water partition coefficient (Wildman–Crippen LogP) is 3.68. The average Bonchev–Trinajstić information content (AvgIpc) is 3.28. The summed E-state index contributed by atoms with van der Waals surface area (Å²) in [6.07, 6.45) is -3.15. The summed E-state index contributed by atoms with van der Waals surface area (Å²) >= 11 is 0. The van der Waals surface area contributed by atoms with Gasteiger partial charge in [-0.3, -0.25) is 0 Å². The number of urea groups is 1. The van der Waals surface area contributed by atoms with E-state index in [4.69, 9.17) is 9.26 Å². The SMILES string of the molecule is CCc1nc(C2CC(c3ccc(C(F)(F)F)cc3)CN(C(=O)N3CCOCC3)C2)no1. The Labute approximate surface area is 178 Å². The maximum absolute atomic E-state index is 13.1. The van der Waals surface area contributed by atoms with Gasteiger partial charge in [-0.2, -0.15) is 18.2 Å². The first-order valence-corrected chi connectivity index (χ1v) is 10.5. The van der Waals surface area contributed by atoms with E-state index in [2.05, 4.69) is 10.1 Å². The van der Waals surface area contributed by atoms with E-state index in [1.807, 2.05) is 6.92 Å². The van der Waals surface area contributed by atoms with Gasteiger partial charge in [0.05, 0.1) is 18.8 Å². The number of morpholine rings is 1. The minimum atomic E-state index is -4.38. The second-order valence-corrected chi connectivity index (χ2v) is 7.94. The Hall–Kier alpha value is -2.62. The standard InChI is InChI=1S/C21H25F3N4O3/c1-2-18-25-19(26-31-18)16-11-15(14-3-5-17(6-4-14)21(22,23)24)12-28(13-16)20(29)27-7-9-30-10-8-27/h3-6,15-16H,2,7-13H2,1H3. The van der Waals surface area contributed by atoms with Crippen LogP contribution in [0.3, 0.4) is 0 Å². The Morgan fingerprint density at radius 1 is 1.10 bits per heavy atom. The van der Waals surface area contributed by atoms with Crippen LogP contribution in [-0.2, 0) is 17.3 Å². The highest BCUT2D eigenvalue weighted by Crippen LogP contribution is 2.37. The molecule has 0 bridgehead atoms. The molecule has 0 saturated carbocycles. The molecule has 0 N–H and O–H groups in total. The fourth-order valence-electron chi connectivity index (χ4n) is 4.16. The van der Waals surface area contributed by atoms with Crippen molar-refractivity contribution in [2.75, 3.05) is 39.4 Å². The molecule has 1 aromatic carbocycles. The molecule has 0 aliphatic carbocycles. The molecule has 31 heavy (non-hydrogen) atoms. The Morgan fingerprint density at radius 3 is 2.39 bits per heavy atom. The smallest absolute Gasteiger partial charge is 0.378 e. The molecule has 1 aromatic heterocycles. The second-order valence-electron chi connectivity index (χ2n) is 7.94. The number of piperidine rings is 1. The molecule has 2 amide bonds. The molecule has 4 rings (SSSR count). The van der Waals surface area contributed by atoms with Crippen molar-refractivity contribution in [1.29, 1.82) is 0 Å². The highest BCUT2D eigenvalue weighted by atomic mass is 19.4. The summed E-state index contributed by atoms with van der Waals surface area (Å²) in [6, 6.07) is 5.10. The first kappa shape index (κ1) is 21.6. The monoisotopic (exact) mass is 438 g/mol. The highest BCUT2D eigenvalue weighted by Gasteiger charge is 2.36.